The molecule has 1 atom stereocenters. The van der Waals surface area contributed by atoms with Crippen molar-refractivity contribution in [2.75, 3.05) is 6.79 Å². The lowest BCUT2D eigenvalue weighted by atomic mass is 9.97. The Bertz CT molecular complexity index is 941. The molecule has 6 nitrogen and oxygen atoms in total. The topological polar surface area (TPSA) is 71.4 Å². The second-order valence-corrected chi connectivity index (χ2v) is 7.24. The predicted octanol–water partition coefficient (Wildman–Crippen LogP) is 3.89. The molecule has 2 heterocycles. The van der Waals surface area contributed by atoms with Crippen LogP contribution in [0.2, 0.25) is 0 Å². The molecule has 2 aromatic rings. The number of rotatable bonds is 2. The van der Waals surface area contributed by atoms with Crippen LogP contribution in [0.15, 0.2) is 39.9 Å². The van der Waals surface area contributed by atoms with Gasteiger partial charge in [0.1, 0.15) is 5.75 Å². The second-order valence-electron chi connectivity index (χ2n) is 6.39. The van der Waals surface area contributed by atoms with Gasteiger partial charge in [0, 0.05) is 18.9 Å². The lowest BCUT2D eigenvalue weighted by Crippen LogP contribution is -2.24. The zero-order valence-corrected chi connectivity index (χ0v) is 15.9. The number of amides is 1. The molecule has 7 heteroatoms. The first kappa shape index (κ1) is 16.9. The van der Waals surface area contributed by atoms with E-state index in [1.165, 1.54) is 11.9 Å². The van der Waals surface area contributed by atoms with Gasteiger partial charge in [0.25, 0.3) is 0 Å². The van der Waals surface area contributed by atoms with Gasteiger partial charge in [-0.2, -0.15) is 5.10 Å². The number of phenols is 1. The second kappa shape index (κ2) is 6.32. The molecule has 0 bridgehead atoms. The van der Waals surface area contributed by atoms with Gasteiger partial charge >= 0.3 is 0 Å². The van der Waals surface area contributed by atoms with Crippen LogP contribution in [-0.4, -0.2) is 28.5 Å². The van der Waals surface area contributed by atoms with Gasteiger partial charge in [-0.15, -0.1) is 0 Å². The summed E-state index contributed by atoms with van der Waals surface area (Å²) in [6.07, 6.45) is 0.503. The molecular weight excluding hydrogens is 400 g/mol. The fraction of sp³-hybridized carbons (Fsp3) is 0.263. The fourth-order valence-electron chi connectivity index (χ4n) is 3.30. The van der Waals surface area contributed by atoms with E-state index in [0.29, 0.717) is 33.7 Å². The van der Waals surface area contributed by atoms with Crippen molar-refractivity contribution in [2.45, 2.75) is 26.3 Å². The van der Waals surface area contributed by atoms with Crippen LogP contribution in [0.4, 0.5) is 0 Å². The summed E-state index contributed by atoms with van der Waals surface area (Å²) in [5.74, 6) is 1.33. The van der Waals surface area contributed by atoms with Crippen molar-refractivity contribution in [3.8, 4) is 17.2 Å². The number of fused-ring (bicyclic) bond motifs is 1. The molecule has 0 spiro atoms. The van der Waals surface area contributed by atoms with Crippen LogP contribution in [0.5, 0.6) is 17.2 Å². The summed E-state index contributed by atoms with van der Waals surface area (Å²) in [7, 11) is 0. The molecule has 0 aliphatic carbocycles. The van der Waals surface area contributed by atoms with Gasteiger partial charge in [0.15, 0.2) is 11.5 Å². The molecule has 0 saturated carbocycles. The molecule has 4 rings (SSSR count). The Morgan fingerprint density at radius 3 is 2.81 bits per heavy atom. The van der Waals surface area contributed by atoms with Gasteiger partial charge in [-0.05, 0) is 58.2 Å². The summed E-state index contributed by atoms with van der Waals surface area (Å²) >= 11 is 3.37. The fourth-order valence-corrected chi connectivity index (χ4v) is 3.87. The van der Waals surface area contributed by atoms with Crippen LogP contribution < -0.4 is 9.47 Å². The monoisotopic (exact) mass is 416 g/mol. The van der Waals surface area contributed by atoms with Crippen molar-refractivity contribution < 1.29 is 19.4 Å². The number of hydrogen-bond donors (Lipinski definition) is 1. The zero-order valence-electron chi connectivity index (χ0n) is 14.3. The van der Waals surface area contributed by atoms with E-state index in [4.69, 9.17) is 9.47 Å². The van der Waals surface area contributed by atoms with Gasteiger partial charge < -0.3 is 14.6 Å². The Morgan fingerprint density at radius 1 is 1.27 bits per heavy atom. The average Bonchev–Trinajstić information content (AvgIpc) is 3.24. The standard InChI is InChI=1S/C19H17BrN2O4/c1-10-5-13(19(24)14(20)6-10)15-8-16(22(21-15)11(2)23)12-3-4-17-18(7-12)26-9-25-17/h3-7,16,24H,8-9H2,1-2H3. The molecule has 2 aromatic carbocycles. The minimum atomic E-state index is -0.254. The van der Waals surface area contributed by atoms with Gasteiger partial charge in [-0.25, -0.2) is 5.01 Å². The number of ether oxygens (including phenoxy) is 2. The molecule has 1 unspecified atom stereocenters. The summed E-state index contributed by atoms with van der Waals surface area (Å²) in [5, 5.41) is 16.4. The molecule has 0 aromatic heterocycles. The molecule has 0 fully saturated rings. The van der Waals surface area contributed by atoms with E-state index in [-0.39, 0.29) is 24.5 Å². The Labute approximate surface area is 159 Å². The largest absolute Gasteiger partial charge is 0.506 e. The predicted molar refractivity (Wildman–Crippen MR) is 99.5 cm³/mol. The SMILES string of the molecule is CC(=O)N1N=C(c2cc(C)cc(Br)c2O)CC1c1ccc2c(c1)OCO2. The smallest absolute Gasteiger partial charge is 0.240 e. The number of hydrogen-bond acceptors (Lipinski definition) is 5. The van der Waals surface area contributed by atoms with Gasteiger partial charge in [0.05, 0.1) is 16.2 Å². The van der Waals surface area contributed by atoms with Crippen molar-refractivity contribution >= 4 is 27.5 Å². The lowest BCUT2D eigenvalue weighted by Gasteiger charge is -2.20. The van der Waals surface area contributed by atoms with Crippen molar-refractivity contribution in [2.24, 2.45) is 5.10 Å². The normalized spacial score (nSPS) is 18.2. The molecular formula is C19H17BrN2O4. The highest BCUT2D eigenvalue weighted by Gasteiger charge is 2.33. The molecule has 0 radical (unpaired) electrons. The molecule has 26 heavy (non-hydrogen) atoms. The van der Waals surface area contributed by atoms with E-state index in [1.54, 1.807) is 0 Å². The quantitative estimate of drug-likeness (QED) is 0.805. The van der Waals surface area contributed by atoms with Crippen LogP contribution in [0.1, 0.15) is 36.1 Å². The van der Waals surface area contributed by atoms with E-state index >= 15 is 0 Å². The number of benzene rings is 2. The third-order valence-electron chi connectivity index (χ3n) is 4.53. The maximum atomic E-state index is 12.2. The van der Waals surface area contributed by atoms with Crippen molar-refractivity contribution in [3.63, 3.8) is 0 Å². The number of aromatic hydroxyl groups is 1. The first-order valence-electron chi connectivity index (χ1n) is 8.20. The Hall–Kier alpha value is -2.54. The van der Waals surface area contributed by atoms with Crippen LogP contribution in [0, 0.1) is 6.92 Å². The number of aryl methyl sites for hydroxylation is 1. The van der Waals surface area contributed by atoms with E-state index < -0.39 is 0 Å². The Morgan fingerprint density at radius 2 is 2.04 bits per heavy atom. The summed E-state index contributed by atoms with van der Waals surface area (Å²) in [6, 6.07) is 9.10. The van der Waals surface area contributed by atoms with Crippen LogP contribution in [0.3, 0.4) is 0 Å². The van der Waals surface area contributed by atoms with E-state index in [9.17, 15) is 9.90 Å². The number of nitrogens with zero attached hydrogens (tertiary/aromatic N) is 2. The third kappa shape index (κ3) is 2.82. The maximum Gasteiger partial charge on any atom is 0.240 e. The Kier molecular flexibility index (Phi) is 4.11. The summed E-state index contributed by atoms with van der Waals surface area (Å²) in [4.78, 5) is 12.2. The number of hydrazone groups is 1. The molecule has 1 amide bonds. The average molecular weight is 417 g/mol. The Balaban J connectivity index is 1.72. The molecule has 0 saturated heterocycles. The van der Waals surface area contributed by atoms with E-state index in [1.807, 2.05) is 37.3 Å². The van der Waals surface area contributed by atoms with E-state index in [2.05, 4.69) is 21.0 Å². The minimum Gasteiger partial charge on any atom is -0.506 e. The van der Waals surface area contributed by atoms with Crippen LogP contribution in [0.25, 0.3) is 0 Å². The highest BCUT2D eigenvalue weighted by atomic mass is 79.9. The summed E-state index contributed by atoms with van der Waals surface area (Å²) < 4.78 is 11.4. The number of phenolic OH excluding ortho intramolecular Hbond substituents is 1. The molecule has 2 aliphatic rings. The highest BCUT2D eigenvalue weighted by Crippen LogP contribution is 2.41. The first-order chi connectivity index (χ1) is 12.4. The first-order valence-corrected chi connectivity index (χ1v) is 8.99. The lowest BCUT2D eigenvalue weighted by molar-refractivity contribution is -0.130. The van der Waals surface area contributed by atoms with Crippen molar-refractivity contribution in [3.05, 3.63) is 51.5 Å². The van der Waals surface area contributed by atoms with E-state index in [0.717, 1.165) is 11.1 Å². The number of carbonyl (C=O) groups excluding carboxylic acids is 1. The molecule has 134 valence electrons. The van der Waals surface area contributed by atoms with Gasteiger partial charge in [-0.1, -0.05) is 6.07 Å². The van der Waals surface area contributed by atoms with Gasteiger partial charge in [-0.3, -0.25) is 4.79 Å². The maximum absolute atomic E-state index is 12.2. The summed E-state index contributed by atoms with van der Waals surface area (Å²) in [5.41, 5.74) is 3.21. The van der Waals surface area contributed by atoms with Crippen LogP contribution >= 0.6 is 15.9 Å². The minimum absolute atomic E-state index is 0.129. The summed E-state index contributed by atoms with van der Waals surface area (Å²) in [6.45, 7) is 3.63. The van der Waals surface area contributed by atoms with Gasteiger partial charge in [0.2, 0.25) is 12.7 Å². The van der Waals surface area contributed by atoms with Crippen LogP contribution in [-0.2, 0) is 4.79 Å². The zero-order chi connectivity index (χ0) is 18.4. The number of halogens is 1. The molecule has 1 N–H and O–H groups in total. The highest BCUT2D eigenvalue weighted by molar-refractivity contribution is 9.10. The molecule has 2 aliphatic heterocycles. The van der Waals surface area contributed by atoms with Crippen molar-refractivity contribution in [1.82, 2.24) is 5.01 Å². The number of carbonyl (C=O) groups is 1. The van der Waals surface area contributed by atoms with Crippen molar-refractivity contribution in [1.29, 1.82) is 0 Å². The third-order valence-corrected chi connectivity index (χ3v) is 5.14.